The largest absolute Gasteiger partial charge is 0.468 e. The SMILES string of the molecule is COC(=O)[C@@H]1N[C@H](c2ccc(Cl)cc2)[C@]2(C(=O)Nc3ccccc32)[C@H]1c1ccccc1. The van der Waals surface area contributed by atoms with Crippen LogP contribution in [0.15, 0.2) is 78.9 Å². The number of benzene rings is 3. The highest BCUT2D eigenvalue weighted by Crippen LogP contribution is 2.59. The summed E-state index contributed by atoms with van der Waals surface area (Å²) in [5.41, 5.74) is 2.37. The Morgan fingerprint density at radius 2 is 1.61 bits per heavy atom. The summed E-state index contributed by atoms with van der Waals surface area (Å²) in [6.45, 7) is 0. The fourth-order valence-electron chi connectivity index (χ4n) is 5.21. The van der Waals surface area contributed by atoms with E-state index in [2.05, 4.69) is 10.6 Å². The number of para-hydroxylation sites is 1. The predicted molar refractivity (Wildman–Crippen MR) is 119 cm³/mol. The molecule has 1 spiro atoms. The van der Waals surface area contributed by atoms with Crippen LogP contribution in [0.4, 0.5) is 5.69 Å². The first-order valence-corrected chi connectivity index (χ1v) is 10.5. The number of rotatable bonds is 3. The van der Waals surface area contributed by atoms with Crippen molar-refractivity contribution in [1.29, 1.82) is 0 Å². The van der Waals surface area contributed by atoms with E-state index in [0.29, 0.717) is 5.02 Å². The van der Waals surface area contributed by atoms with Crippen LogP contribution >= 0.6 is 11.6 Å². The molecule has 0 saturated carbocycles. The minimum absolute atomic E-state index is 0.138. The number of amides is 1. The molecule has 0 aromatic heterocycles. The van der Waals surface area contributed by atoms with Gasteiger partial charge in [-0.25, -0.2) is 0 Å². The summed E-state index contributed by atoms with van der Waals surface area (Å²) in [7, 11) is 1.37. The molecule has 2 aliphatic rings. The van der Waals surface area contributed by atoms with E-state index in [4.69, 9.17) is 16.3 Å². The maximum absolute atomic E-state index is 13.8. The fraction of sp³-hybridized carbons (Fsp3) is 0.200. The molecule has 1 saturated heterocycles. The summed E-state index contributed by atoms with van der Waals surface area (Å²) in [6.07, 6.45) is 0. The van der Waals surface area contributed by atoms with Crippen molar-refractivity contribution in [2.75, 3.05) is 12.4 Å². The van der Waals surface area contributed by atoms with Crippen LogP contribution < -0.4 is 10.6 Å². The van der Waals surface area contributed by atoms with Gasteiger partial charge in [0.25, 0.3) is 0 Å². The number of methoxy groups -OCH3 is 1. The molecule has 4 atom stereocenters. The Labute approximate surface area is 185 Å². The van der Waals surface area contributed by atoms with Crippen LogP contribution in [0, 0.1) is 0 Å². The number of halogens is 1. The van der Waals surface area contributed by atoms with Crippen molar-refractivity contribution in [2.24, 2.45) is 0 Å². The van der Waals surface area contributed by atoms with Gasteiger partial charge in [-0.15, -0.1) is 0 Å². The summed E-state index contributed by atoms with van der Waals surface area (Å²) in [4.78, 5) is 26.8. The Balaban J connectivity index is 1.81. The van der Waals surface area contributed by atoms with Crippen LogP contribution in [0.5, 0.6) is 0 Å². The van der Waals surface area contributed by atoms with E-state index in [1.807, 2.05) is 66.7 Å². The van der Waals surface area contributed by atoms with Gasteiger partial charge in [-0.3, -0.25) is 14.9 Å². The molecule has 2 aliphatic heterocycles. The van der Waals surface area contributed by atoms with Gasteiger partial charge in [0.15, 0.2) is 0 Å². The maximum atomic E-state index is 13.8. The van der Waals surface area contributed by atoms with Gasteiger partial charge < -0.3 is 10.1 Å². The van der Waals surface area contributed by atoms with Gasteiger partial charge in [0.05, 0.1) is 13.2 Å². The molecule has 3 aromatic carbocycles. The van der Waals surface area contributed by atoms with Crippen molar-refractivity contribution in [2.45, 2.75) is 23.4 Å². The van der Waals surface area contributed by atoms with Crippen molar-refractivity contribution in [3.8, 4) is 0 Å². The zero-order valence-corrected chi connectivity index (χ0v) is 17.6. The van der Waals surface area contributed by atoms with E-state index in [0.717, 1.165) is 22.4 Å². The lowest BCUT2D eigenvalue weighted by Crippen LogP contribution is -2.44. The van der Waals surface area contributed by atoms with E-state index in [1.165, 1.54) is 7.11 Å². The van der Waals surface area contributed by atoms with Crippen LogP contribution in [0.3, 0.4) is 0 Å². The van der Waals surface area contributed by atoms with Crippen molar-refractivity contribution < 1.29 is 14.3 Å². The van der Waals surface area contributed by atoms with E-state index in [-0.39, 0.29) is 5.91 Å². The lowest BCUT2D eigenvalue weighted by atomic mass is 9.63. The molecule has 0 aliphatic carbocycles. The van der Waals surface area contributed by atoms with E-state index in [1.54, 1.807) is 12.1 Å². The van der Waals surface area contributed by atoms with Crippen molar-refractivity contribution in [1.82, 2.24) is 5.32 Å². The van der Waals surface area contributed by atoms with Gasteiger partial charge in [0, 0.05) is 16.6 Å². The maximum Gasteiger partial charge on any atom is 0.323 e. The summed E-state index contributed by atoms with van der Waals surface area (Å²) >= 11 is 6.13. The van der Waals surface area contributed by atoms with Crippen LogP contribution in [0.1, 0.15) is 28.7 Å². The number of hydrogen-bond acceptors (Lipinski definition) is 4. The molecule has 5 nitrogen and oxygen atoms in total. The number of carbonyl (C=O) groups excluding carboxylic acids is 2. The van der Waals surface area contributed by atoms with E-state index in [9.17, 15) is 9.59 Å². The molecule has 2 N–H and O–H groups in total. The predicted octanol–water partition coefficient (Wildman–Crippen LogP) is 4.20. The summed E-state index contributed by atoms with van der Waals surface area (Å²) in [5, 5.41) is 7.12. The van der Waals surface area contributed by atoms with Gasteiger partial charge in [0.2, 0.25) is 5.91 Å². The smallest absolute Gasteiger partial charge is 0.323 e. The third-order valence-corrected chi connectivity index (χ3v) is 6.69. The zero-order chi connectivity index (χ0) is 21.6. The Hall–Kier alpha value is -3.15. The normalized spacial score (nSPS) is 26.5. The molecule has 1 fully saturated rings. The third kappa shape index (κ3) is 2.88. The highest BCUT2D eigenvalue weighted by Gasteiger charge is 2.66. The topological polar surface area (TPSA) is 67.4 Å². The zero-order valence-electron chi connectivity index (χ0n) is 16.8. The van der Waals surface area contributed by atoms with Gasteiger partial charge in [-0.05, 0) is 34.9 Å². The first-order chi connectivity index (χ1) is 15.1. The molecule has 3 aromatic rings. The van der Waals surface area contributed by atoms with Gasteiger partial charge in [-0.1, -0.05) is 72.3 Å². The number of hydrogen-bond donors (Lipinski definition) is 2. The quantitative estimate of drug-likeness (QED) is 0.609. The standard InChI is InChI=1S/C25H21ClN2O3/c1-31-23(29)21-20(15-7-3-2-4-8-15)25(18-9-5-6-10-19(18)27-24(25)30)22(28-21)16-11-13-17(26)14-12-16/h2-14,20-22,28H,1H3,(H,27,30)/t20-,21+,22+,25+/m0/s1. The highest BCUT2D eigenvalue weighted by atomic mass is 35.5. The number of esters is 1. The lowest BCUT2D eigenvalue weighted by molar-refractivity contribution is -0.143. The fourth-order valence-corrected chi connectivity index (χ4v) is 5.33. The minimum Gasteiger partial charge on any atom is -0.468 e. The second-order valence-corrected chi connectivity index (χ2v) is 8.35. The van der Waals surface area contributed by atoms with Crippen LogP contribution in [0.2, 0.25) is 5.02 Å². The Bertz CT molecular complexity index is 1150. The molecule has 5 rings (SSSR count). The Morgan fingerprint density at radius 3 is 2.32 bits per heavy atom. The van der Waals surface area contributed by atoms with Gasteiger partial charge >= 0.3 is 5.97 Å². The molecule has 156 valence electrons. The molecule has 31 heavy (non-hydrogen) atoms. The average Bonchev–Trinajstić information content (AvgIpc) is 3.31. The molecular weight excluding hydrogens is 412 g/mol. The molecule has 1 amide bonds. The summed E-state index contributed by atoms with van der Waals surface area (Å²) in [6, 6.07) is 23.6. The van der Waals surface area contributed by atoms with Crippen LogP contribution in [-0.4, -0.2) is 25.0 Å². The first-order valence-electron chi connectivity index (χ1n) is 10.1. The average molecular weight is 433 g/mol. The number of nitrogens with one attached hydrogen (secondary N) is 2. The highest BCUT2D eigenvalue weighted by molar-refractivity contribution is 6.30. The lowest BCUT2D eigenvalue weighted by Gasteiger charge is -2.35. The monoisotopic (exact) mass is 432 g/mol. The number of anilines is 1. The molecule has 2 heterocycles. The molecule has 6 heteroatoms. The van der Waals surface area contributed by atoms with Crippen LogP contribution in [0.25, 0.3) is 0 Å². The molecule has 0 bridgehead atoms. The van der Waals surface area contributed by atoms with Crippen molar-refractivity contribution in [3.05, 3.63) is 101 Å². The molecular formula is C25H21ClN2O3. The number of carbonyl (C=O) groups is 2. The minimum atomic E-state index is -1.04. The summed E-state index contributed by atoms with van der Waals surface area (Å²) in [5.74, 6) is -1.01. The second-order valence-electron chi connectivity index (χ2n) is 7.91. The second kappa shape index (κ2) is 7.52. The van der Waals surface area contributed by atoms with E-state index < -0.39 is 29.4 Å². The third-order valence-electron chi connectivity index (χ3n) is 6.44. The molecule has 0 radical (unpaired) electrons. The van der Waals surface area contributed by atoms with Crippen molar-refractivity contribution in [3.63, 3.8) is 0 Å². The number of ether oxygens (including phenoxy) is 1. The van der Waals surface area contributed by atoms with Crippen LogP contribution in [-0.2, 0) is 19.7 Å². The van der Waals surface area contributed by atoms with Crippen molar-refractivity contribution >= 4 is 29.2 Å². The first kappa shape index (κ1) is 19.8. The van der Waals surface area contributed by atoms with Gasteiger partial charge in [-0.2, -0.15) is 0 Å². The Morgan fingerprint density at radius 1 is 0.935 bits per heavy atom. The Kier molecular flexibility index (Phi) is 4.80. The van der Waals surface area contributed by atoms with E-state index >= 15 is 0 Å². The van der Waals surface area contributed by atoms with Gasteiger partial charge in [0.1, 0.15) is 11.5 Å². The summed E-state index contributed by atoms with van der Waals surface area (Å²) < 4.78 is 5.16. The number of fused-ring (bicyclic) bond motifs is 2. The molecule has 0 unspecified atom stereocenters.